The number of piperidine rings is 1. The molecular weight excluding hydrogens is 359 g/mol. The molecule has 7 heteroatoms. The number of hydroxylamine groups is 2. The second kappa shape index (κ2) is 8.84. The Hall–Kier alpha value is -2.25. The Kier molecular flexibility index (Phi) is 6.02. The zero-order chi connectivity index (χ0) is 19.3. The molecule has 2 aliphatic heterocycles. The molecule has 0 saturated carbocycles. The van der Waals surface area contributed by atoms with Crippen molar-refractivity contribution in [3.05, 3.63) is 42.0 Å². The maximum Gasteiger partial charge on any atom is 0.223 e. The highest BCUT2D eigenvalue weighted by Gasteiger charge is 2.27. The number of benzene rings is 1. The van der Waals surface area contributed by atoms with Crippen LogP contribution in [0.15, 0.2) is 30.5 Å². The van der Waals surface area contributed by atoms with Crippen molar-refractivity contribution in [2.24, 2.45) is 0 Å². The summed E-state index contributed by atoms with van der Waals surface area (Å²) >= 11 is 0. The van der Waals surface area contributed by atoms with E-state index in [-0.39, 0.29) is 11.7 Å². The van der Waals surface area contributed by atoms with Crippen molar-refractivity contribution in [1.29, 1.82) is 0 Å². The molecule has 0 aliphatic carbocycles. The number of aromatic nitrogens is 2. The molecule has 1 N–H and O–H groups in total. The van der Waals surface area contributed by atoms with Crippen LogP contribution in [0, 0.1) is 5.82 Å². The number of likely N-dealkylation sites (tertiary alicyclic amines) is 1. The number of hydrogen-bond donors (Lipinski definition) is 1. The van der Waals surface area contributed by atoms with Crippen LogP contribution in [0.25, 0.3) is 11.1 Å². The second-order valence-electron chi connectivity index (χ2n) is 7.58. The molecular formula is C21H27FN4O2. The molecule has 0 radical (unpaired) electrons. The number of carbonyl (C=O) groups is 1. The Labute approximate surface area is 164 Å². The van der Waals surface area contributed by atoms with E-state index in [1.165, 1.54) is 12.1 Å². The lowest BCUT2D eigenvalue weighted by atomic mass is 9.89. The Morgan fingerprint density at radius 1 is 1.25 bits per heavy atom. The number of rotatable bonds is 5. The van der Waals surface area contributed by atoms with Crippen LogP contribution in [0.2, 0.25) is 0 Å². The van der Waals surface area contributed by atoms with E-state index in [9.17, 15) is 9.18 Å². The fourth-order valence-electron chi connectivity index (χ4n) is 4.11. The first kappa shape index (κ1) is 19.1. The minimum atomic E-state index is -0.247. The largest absolute Gasteiger partial charge is 0.343 e. The van der Waals surface area contributed by atoms with Crippen LogP contribution in [-0.4, -0.2) is 58.9 Å². The highest BCUT2D eigenvalue weighted by molar-refractivity contribution is 5.76. The third kappa shape index (κ3) is 4.42. The van der Waals surface area contributed by atoms with Gasteiger partial charge in [0.15, 0.2) is 0 Å². The highest BCUT2D eigenvalue weighted by Crippen LogP contribution is 2.34. The van der Waals surface area contributed by atoms with E-state index in [1.54, 1.807) is 12.3 Å². The van der Waals surface area contributed by atoms with Gasteiger partial charge in [-0.1, -0.05) is 12.1 Å². The fraction of sp³-hybridized carbons (Fsp3) is 0.524. The van der Waals surface area contributed by atoms with E-state index in [0.717, 1.165) is 68.7 Å². The molecule has 28 heavy (non-hydrogen) atoms. The first-order valence-corrected chi connectivity index (χ1v) is 10.2. The molecule has 2 aromatic rings. The molecule has 6 nitrogen and oxygen atoms in total. The fourth-order valence-corrected chi connectivity index (χ4v) is 4.11. The van der Waals surface area contributed by atoms with Crippen LogP contribution in [0.4, 0.5) is 4.39 Å². The molecule has 1 aromatic carbocycles. The monoisotopic (exact) mass is 386 g/mol. The van der Waals surface area contributed by atoms with Crippen LogP contribution < -0.4 is 0 Å². The summed E-state index contributed by atoms with van der Waals surface area (Å²) in [5.74, 6) is 0.251. The van der Waals surface area contributed by atoms with Crippen molar-refractivity contribution >= 4 is 5.91 Å². The van der Waals surface area contributed by atoms with E-state index in [1.807, 2.05) is 16.0 Å². The minimum absolute atomic E-state index is 0.197. The summed E-state index contributed by atoms with van der Waals surface area (Å²) in [6.45, 7) is 3.83. The number of halogens is 1. The summed E-state index contributed by atoms with van der Waals surface area (Å²) in [6.07, 6.45) is 6.27. The van der Waals surface area contributed by atoms with Crippen molar-refractivity contribution in [1.82, 2.24) is 20.2 Å². The number of H-pyrrole nitrogens is 1. The standard InChI is InChI=1S/C21H27FN4O2/c22-18-5-3-4-17(14-18)19-15-23-24-21(19)16-6-10-25(11-7-16)20(27)8-12-26-9-1-2-13-28-26/h3-5,14-16H,1-2,6-13H2,(H,23,24). The molecule has 3 heterocycles. The summed E-state index contributed by atoms with van der Waals surface area (Å²) in [5, 5.41) is 9.22. The van der Waals surface area contributed by atoms with Gasteiger partial charge >= 0.3 is 0 Å². The molecule has 1 aromatic heterocycles. The SMILES string of the molecule is O=C(CCN1CCCCO1)N1CCC(c2[nH]ncc2-c2cccc(F)c2)CC1. The lowest BCUT2D eigenvalue weighted by Gasteiger charge is -2.33. The first-order valence-electron chi connectivity index (χ1n) is 10.2. The van der Waals surface area contributed by atoms with Crippen LogP contribution in [0.1, 0.15) is 43.7 Å². The van der Waals surface area contributed by atoms with Gasteiger partial charge in [0.05, 0.1) is 12.8 Å². The van der Waals surface area contributed by atoms with Crippen LogP contribution in [-0.2, 0) is 9.63 Å². The topological polar surface area (TPSA) is 61.5 Å². The predicted octanol–water partition coefficient (Wildman–Crippen LogP) is 3.34. The smallest absolute Gasteiger partial charge is 0.223 e. The second-order valence-corrected chi connectivity index (χ2v) is 7.58. The van der Waals surface area contributed by atoms with Crippen LogP contribution >= 0.6 is 0 Å². The Bertz CT molecular complexity index is 795. The number of aromatic amines is 1. The number of amides is 1. The van der Waals surface area contributed by atoms with Crippen LogP contribution in [0.5, 0.6) is 0 Å². The van der Waals surface area contributed by atoms with Gasteiger partial charge in [-0.15, -0.1) is 0 Å². The van der Waals surface area contributed by atoms with Crippen LogP contribution in [0.3, 0.4) is 0 Å². The molecule has 0 atom stereocenters. The normalized spacial score (nSPS) is 19.1. The van der Waals surface area contributed by atoms with E-state index < -0.39 is 0 Å². The minimum Gasteiger partial charge on any atom is -0.343 e. The average molecular weight is 386 g/mol. The van der Waals surface area contributed by atoms with Gasteiger partial charge in [0.1, 0.15) is 5.82 Å². The molecule has 0 bridgehead atoms. The average Bonchev–Trinajstić information content (AvgIpc) is 3.23. The number of nitrogens with zero attached hydrogens (tertiary/aromatic N) is 3. The van der Waals surface area contributed by atoms with E-state index >= 15 is 0 Å². The summed E-state index contributed by atoms with van der Waals surface area (Å²) in [5.41, 5.74) is 2.83. The number of nitrogens with one attached hydrogen (secondary N) is 1. The maximum absolute atomic E-state index is 13.6. The lowest BCUT2D eigenvalue weighted by molar-refractivity contribution is -0.182. The third-order valence-corrected chi connectivity index (χ3v) is 5.71. The quantitative estimate of drug-likeness (QED) is 0.856. The summed E-state index contributed by atoms with van der Waals surface area (Å²) in [4.78, 5) is 20.1. The first-order chi connectivity index (χ1) is 13.7. The van der Waals surface area contributed by atoms with Gasteiger partial charge in [-0.25, -0.2) is 4.39 Å². The van der Waals surface area contributed by atoms with E-state index in [0.29, 0.717) is 18.9 Å². The highest BCUT2D eigenvalue weighted by atomic mass is 19.1. The van der Waals surface area contributed by atoms with E-state index in [2.05, 4.69) is 10.2 Å². The zero-order valence-corrected chi connectivity index (χ0v) is 16.1. The van der Waals surface area contributed by atoms with Crippen molar-refractivity contribution < 1.29 is 14.0 Å². The summed E-state index contributed by atoms with van der Waals surface area (Å²) < 4.78 is 13.6. The molecule has 0 spiro atoms. The molecule has 0 unspecified atom stereocenters. The molecule has 1 amide bonds. The van der Waals surface area contributed by atoms with Gasteiger partial charge in [0, 0.05) is 49.8 Å². The molecule has 150 valence electrons. The molecule has 2 fully saturated rings. The lowest BCUT2D eigenvalue weighted by Crippen LogP contribution is -2.40. The van der Waals surface area contributed by atoms with Crippen molar-refractivity contribution in [2.75, 3.05) is 32.8 Å². The zero-order valence-electron chi connectivity index (χ0n) is 16.1. The van der Waals surface area contributed by atoms with Crippen molar-refractivity contribution in [3.63, 3.8) is 0 Å². The molecule has 2 saturated heterocycles. The van der Waals surface area contributed by atoms with Gasteiger partial charge in [-0.2, -0.15) is 10.2 Å². The third-order valence-electron chi connectivity index (χ3n) is 5.71. The van der Waals surface area contributed by atoms with Gasteiger partial charge < -0.3 is 4.90 Å². The van der Waals surface area contributed by atoms with Gasteiger partial charge in [0.25, 0.3) is 0 Å². The van der Waals surface area contributed by atoms with E-state index in [4.69, 9.17) is 4.84 Å². The van der Waals surface area contributed by atoms with Gasteiger partial charge in [-0.05, 0) is 43.4 Å². The van der Waals surface area contributed by atoms with Gasteiger partial charge in [-0.3, -0.25) is 14.7 Å². The predicted molar refractivity (Wildman–Crippen MR) is 104 cm³/mol. The number of carbonyl (C=O) groups excluding carboxylic acids is 1. The molecule has 2 aliphatic rings. The summed E-state index contributed by atoms with van der Waals surface area (Å²) in [6, 6.07) is 6.60. The van der Waals surface area contributed by atoms with Crippen molar-refractivity contribution in [2.45, 2.75) is 38.0 Å². The Morgan fingerprint density at radius 2 is 2.11 bits per heavy atom. The Balaban J connectivity index is 1.32. The van der Waals surface area contributed by atoms with Crippen molar-refractivity contribution in [3.8, 4) is 11.1 Å². The molecule has 4 rings (SSSR count). The maximum atomic E-state index is 13.6. The Morgan fingerprint density at radius 3 is 2.86 bits per heavy atom. The van der Waals surface area contributed by atoms with Gasteiger partial charge in [0.2, 0.25) is 5.91 Å². The number of hydrogen-bond acceptors (Lipinski definition) is 4. The summed E-state index contributed by atoms with van der Waals surface area (Å²) in [7, 11) is 0.